The van der Waals surface area contributed by atoms with Crippen LogP contribution in [0.3, 0.4) is 0 Å². The number of ether oxygens (including phenoxy) is 2. The predicted molar refractivity (Wildman–Crippen MR) is 121 cm³/mol. The average Bonchev–Trinajstić information content (AvgIpc) is 2.79. The largest absolute Gasteiger partial charge is 0.466 e. The van der Waals surface area contributed by atoms with E-state index in [2.05, 4.69) is 22.1 Å². The number of hydrogen-bond donors (Lipinski definition) is 0. The first kappa shape index (κ1) is 20.8. The SMILES string of the molecule is CCOC(=O)CCc1nc2ccc(Cl)cc2nc1Oc1ccc(-c2ccccc2)cc1. The molecule has 0 saturated carbocycles. The highest BCUT2D eigenvalue weighted by Gasteiger charge is 2.14. The molecule has 6 heteroatoms. The van der Waals surface area contributed by atoms with Crippen molar-refractivity contribution in [3.8, 4) is 22.8 Å². The van der Waals surface area contributed by atoms with Gasteiger partial charge in [-0.25, -0.2) is 9.97 Å². The minimum atomic E-state index is -0.279. The molecular formula is C25H21ClN2O3. The maximum atomic E-state index is 11.8. The third-order valence-corrected chi connectivity index (χ3v) is 4.94. The molecular weight excluding hydrogens is 412 g/mol. The normalized spacial score (nSPS) is 10.8. The number of esters is 1. The molecule has 1 aromatic heterocycles. The molecule has 0 saturated heterocycles. The third-order valence-electron chi connectivity index (χ3n) is 4.71. The number of nitrogens with zero attached hydrogens (tertiary/aromatic N) is 2. The fraction of sp³-hybridized carbons (Fsp3) is 0.160. The smallest absolute Gasteiger partial charge is 0.306 e. The fourth-order valence-corrected chi connectivity index (χ4v) is 3.37. The molecule has 0 aliphatic heterocycles. The van der Waals surface area contributed by atoms with E-state index in [1.165, 1.54) is 0 Å². The molecule has 0 unspecified atom stereocenters. The van der Waals surface area contributed by atoms with Gasteiger partial charge in [0.15, 0.2) is 0 Å². The van der Waals surface area contributed by atoms with Crippen molar-refractivity contribution in [3.63, 3.8) is 0 Å². The molecule has 0 aliphatic rings. The van der Waals surface area contributed by atoms with Gasteiger partial charge in [-0.05, 0) is 48.4 Å². The first-order chi connectivity index (χ1) is 15.1. The fourth-order valence-electron chi connectivity index (χ4n) is 3.20. The lowest BCUT2D eigenvalue weighted by Gasteiger charge is -2.12. The highest BCUT2D eigenvalue weighted by Crippen LogP contribution is 2.29. The first-order valence-corrected chi connectivity index (χ1v) is 10.5. The summed E-state index contributed by atoms with van der Waals surface area (Å²) >= 11 is 6.11. The van der Waals surface area contributed by atoms with Crippen LogP contribution >= 0.6 is 11.6 Å². The Morgan fingerprint density at radius 2 is 1.65 bits per heavy atom. The molecule has 4 aromatic rings. The molecule has 4 rings (SSSR count). The second-order valence-electron chi connectivity index (χ2n) is 6.91. The van der Waals surface area contributed by atoms with Crippen molar-refractivity contribution in [2.24, 2.45) is 0 Å². The molecule has 0 bridgehead atoms. The number of rotatable bonds is 7. The Morgan fingerprint density at radius 3 is 2.39 bits per heavy atom. The number of halogens is 1. The van der Waals surface area contributed by atoms with Crippen LogP contribution in [0, 0.1) is 0 Å². The summed E-state index contributed by atoms with van der Waals surface area (Å²) in [5.74, 6) is 0.706. The van der Waals surface area contributed by atoms with Gasteiger partial charge in [-0.1, -0.05) is 54.1 Å². The van der Waals surface area contributed by atoms with Gasteiger partial charge in [-0.3, -0.25) is 4.79 Å². The number of aromatic nitrogens is 2. The summed E-state index contributed by atoms with van der Waals surface area (Å²) in [5.41, 5.74) is 4.13. The van der Waals surface area contributed by atoms with E-state index in [0.29, 0.717) is 46.4 Å². The number of hydrogen-bond acceptors (Lipinski definition) is 5. The standard InChI is InChI=1S/C25H21ClN2O3/c1-2-30-24(29)15-14-22-25(28-23-16-19(26)10-13-21(23)27-22)31-20-11-8-18(9-12-20)17-6-4-3-5-7-17/h3-13,16H,2,14-15H2,1H3. The summed E-state index contributed by atoms with van der Waals surface area (Å²) in [6, 6.07) is 23.2. The first-order valence-electron chi connectivity index (χ1n) is 10.1. The van der Waals surface area contributed by atoms with E-state index in [9.17, 15) is 4.79 Å². The number of carbonyl (C=O) groups is 1. The second kappa shape index (κ2) is 9.58. The Bertz CT molecular complexity index is 1190. The number of benzene rings is 3. The van der Waals surface area contributed by atoms with Gasteiger partial charge >= 0.3 is 5.97 Å². The van der Waals surface area contributed by atoms with Crippen molar-refractivity contribution in [1.82, 2.24) is 9.97 Å². The van der Waals surface area contributed by atoms with E-state index in [1.807, 2.05) is 42.5 Å². The minimum Gasteiger partial charge on any atom is -0.466 e. The van der Waals surface area contributed by atoms with Crippen LogP contribution in [-0.4, -0.2) is 22.5 Å². The van der Waals surface area contributed by atoms with Gasteiger partial charge < -0.3 is 9.47 Å². The third kappa shape index (κ3) is 5.19. The summed E-state index contributed by atoms with van der Waals surface area (Å²) < 4.78 is 11.1. The van der Waals surface area contributed by atoms with E-state index in [-0.39, 0.29) is 12.4 Å². The van der Waals surface area contributed by atoms with Gasteiger partial charge in [0.1, 0.15) is 11.4 Å². The monoisotopic (exact) mass is 432 g/mol. The van der Waals surface area contributed by atoms with Crippen molar-refractivity contribution in [1.29, 1.82) is 0 Å². The Morgan fingerprint density at radius 1 is 0.903 bits per heavy atom. The number of fused-ring (bicyclic) bond motifs is 1. The molecule has 0 amide bonds. The summed E-state index contributed by atoms with van der Waals surface area (Å²) in [6.45, 7) is 2.13. The molecule has 31 heavy (non-hydrogen) atoms. The Hall–Kier alpha value is -3.44. The van der Waals surface area contributed by atoms with Gasteiger partial charge in [0.25, 0.3) is 0 Å². The van der Waals surface area contributed by atoms with E-state index >= 15 is 0 Å². The highest BCUT2D eigenvalue weighted by molar-refractivity contribution is 6.31. The number of carbonyl (C=O) groups excluding carboxylic acids is 1. The van der Waals surface area contributed by atoms with Crippen molar-refractivity contribution in [2.45, 2.75) is 19.8 Å². The molecule has 3 aromatic carbocycles. The van der Waals surface area contributed by atoms with Crippen LogP contribution in [0.15, 0.2) is 72.8 Å². The van der Waals surface area contributed by atoms with Crippen LogP contribution in [0.4, 0.5) is 0 Å². The van der Waals surface area contributed by atoms with Gasteiger partial charge in [0.2, 0.25) is 5.88 Å². The topological polar surface area (TPSA) is 61.3 Å². The molecule has 0 fully saturated rings. The lowest BCUT2D eigenvalue weighted by molar-refractivity contribution is -0.143. The second-order valence-corrected chi connectivity index (χ2v) is 7.34. The number of aryl methyl sites for hydroxylation is 1. The van der Waals surface area contributed by atoms with Crippen LogP contribution in [0.1, 0.15) is 19.0 Å². The van der Waals surface area contributed by atoms with Gasteiger partial charge in [0.05, 0.1) is 24.1 Å². The van der Waals surface area contributed by atoms with Gasteiger partial charge in [-0.2, -0.15) is 0 Å². The van der Waals surface area contributed by atoms with Crippen molar-refractivity contribution >= 4 is 28.6 Å². The Kier molecular flexibility index (Phi) is 6.43. The van der Waals surface area contributed by atoms with Gasteiger partial charge in [0, 0.05) is 11.4 Å². The van der Waals surface area contributed by atoms with Crippen LogP contribution in [0.25, 0.3) is 22.2 Å². The summed E-state index contributed by atoms with van der Waals surface area (Å²) in [5, 5.41) is 0.569. The molecule has 5 nitrogen and oxygen atoms in total. The average molecular weight is 433 g/mol. The zero-order chi connectivity index (χ0) is 21.6. The lowest BCUT2D eigenvalue weighted by atomic mass is 10.1. The quantitative estimate of drug-likeness (QED) is 0.323. The Labute approximate surface area is 185 Å². The molecule has 0 N–H and O–H groups in total. The zero-order valence-electron chi connectivity index (χ0n) is 17.0. The van der Waals surface area contributed by atoms with E-state index in [1.54, 1.807) is 25.1 Å². The van der Waals surface area contributed by atoms with Crippen LogP contribution in [0.2, 0.25) is 5.02 Å². The molecule has 1 heterocycles. The van der Waals surface area contributed by atoms with E-state index in [4.69, 9.17) is 21.1 Å². The van der Waals surface area contributed by atoms with Crippen LogP contribution in [0.5, 0.6) is 11.6 Å². The lowest BCUT2D eigenvalue weighted by Crippen LogP contribution is -2.07. The zero-order valence-corrected chi connectivity index (χ0v) is 17.8. The summed E-state index contributed by atoms with van der Waals surface area (Å²) in [7, 11) is 0. The predicted octanol–water partition coefficient (Wildman–Crippen LogP) is 6.24. The minimum absolute atomic E-state index is 0.199. The molecule has 0 atom stereocenters. The summed E-state index contributed by atoms with van der Waals surface area (Å²) in [4.78, 5) is 21.1. The Balaban J connectivity index is 1.62. The molecule has 0 aliphatic carbocycles. The molecule has 156 valence electrons. The van der Waals surface area contributed by atoms with Crippen molar-refractivity contribution < 1.29 is 14.3 Å². The van der Waals surface area contributed by atoms with Crippen molar-refractivity contribution in [2.75, 3.05) is 6.61 Å². The van der Waals surface area contributed by atoms with Crippen LogP contribution in [-0.2, 0) is 16.0 Å². The van der Waals surface area contributed by atoms with Crippen LogP contribution < -0.4 is 4.74 Å². The van der Waals surface area contributed by atoms with E-state index < -0.39 is 0 Å². The van der Waals surface area contributed by atoms with Crippen molar-refractivity contribution in [3.05, 3.63) is 83.5 Å². The highest BCUT2D eigenvalue weighted by atomic mass is 35.5. The molecule has 0 radical (unpaired) electrons. The summed E-state index contributed by atoms with van der Waals surface area (Å²) in [6.07, 6.45) is 0.562. The van der Waals surface area contributed by atoms with Gasteiger partial charge in [-0.15, -0.1) is 0 Å². The maximum Gasteiger partial charge on any atom is 0.306 e. The van der Waals surface area contributed by atoms with E-state index in [0.717, 1.165) is 11.1 Å². The molecule has 0 spiro atoms. The maximum absolute atomic E-state index is 11.8.